The van der Waals surface area contributed by atoms with Gasteiger partial charge < -0.3 is 0 Å². The van der Waals surface area contributed by atoms with Gasteiger partial charge in [0.1, 0.15) is 0 Å². The number of hydrogen-bond acceptors (Lipinski definition) is 3. The summed E-state index contributed by atoms with van der Waals surface area (Å²) in [4.78, 5) is 14.8. The van der Waals surface area contributed by atoms with Gasteiger partial charge in [0.05, 0.1) is 11.4 Å². The van der Waals surface area contributed by atoms with E-state index in [9.17, 15) is 0 Å². The molecule has 0 saturated heterocycles. The summed E-state index contributed by atoms with van der Waals surface area (Å²) in [6.45, 7) is 0. The highest BCUT2D eigenvalue weighted by atomic mass is 14.9. The standard InChI is InChI=1S/C41H29N3/c1-3-19-35-28(10-1)12-7-21-37(35)31-15-6-17-33(25-31)40-26-39(32-16-5-14-30(24-32)34-18-9-23-42-27-34)43-41(44-40)38-22-8-13-29-11-2-4-20-36(29)38/h1-24,26-27,31H,25H2. The summed E-state index contributed by atoms with van der Waals surface area (Å²) in [7, 11) is 0. The van der Waals surface area contributed by atoms with E-state index in [-0.39, 0.29) is 5.92 Å². The molecule has 0 N–H and O–H groups in total. The van der Waals surface area contributed by atoms with Crippen molar-refractivity contribution in [2.75, 3.05) is 0 Å². The average Bonchev–Trinajstić information content (AvgIpc) is 3.11. The number of nitrogens with zero attached hydrogens (tertiary/aromatic N) is 3. The van der Waals surface area contributed by atoms with Crippen LogP contribution in [0.3, 0.4) is 0 Å². The Bertz CT molecular complexity index is 2200. The summed E-state index contributed by atoms with van der Waals surface area (Å²) < 4.78 is 0. The molecule has 8 rings (SSSR count). The second-order valence-electron chi connectivity index (χ2n) is 11.3. The van der Waals surface area contributed by atoms with Crippen LogP contribution in [0.25, 0.3) is 60.9 Å². The van der Waals surface area contributed by atoms with Gasteiger partial charge in [-0.3, -0.25) is 4.98 Å². The van der Waals surface area contributed by atoms with Crippen LogP contribution in [0.15, 0.2) is 158 Å². The minimum absolute atomic E-state index is 0.259. The molecule has 1 atom stereocenters. The summed E-state index contributed by atoms with van der Waals surface area (Å²) in [6.07, 6.45) is 11.3. The molecule has 7 aromatic rings. The number of aromatic nitrogens is 3. The normalized spacial score (nSPS) is 14.5. The van der Waals surface area contributed by atoms with Crippen LogP contribution in [0.1, 0.15) is 23.6 Å². The van der Waals surface area contributed by atoms with E-state index in [4.69, 9.17) is 9.97 Å². The Hall–Kier alpha value is -5.67. The minimum atomic E-state index is 0.259. The molecular formula is C41H29N3. The van der Waals surface area contributed by atoms with Gasteiger partial charge in [-0.25, -0.2) is 9.97 Å². The second-order valence-corrected chi connectivity index (χ2v) is 11.3. The molecule has 0 fully saturated rings. The molecule has 208 valence electrons. The lowest BCUT2D eigenvalue weighted by Crippen LogP contribution is -2.05. The summed E-state index contributed by atoms with van der Waals surface area (Å²) in [5, 5.41) is 4.90. The first-order valence-electron chi connectivity index (χ1n) is 15.0. The van der Waals surface area contributed by atoms with E-state index in [0.717, 1.165) is 51.3 Å². The van der Waals surface area contributed by atoms with Crippen molar-refractivity contribution in [2.24, 2.45) is 0 Å². The van der Waals surface area contributed by atoms with Gasteiger partial charge in [-0.2, -0.15) is 0 Å². The van der Waals surface area contributed by atoms with Crippen LogP contribution in [0.5, 0.6) is 0 Å². The molecule has 5 aromatic carbocycles. The lowest BCUT2D eigenvalue weighted by molar-refractivity contribution is 0.871. The number of pyridine rings is 1. The number of benzene rings is 5. The number of fused-ring (bicyclic) bond motifs is 2. The third-order valence-corrected chi connectivity index (χ3v) is 8.54. The molecule has 2 aromatic heterocycles. The highest BCUT2D eigenvalue weighted by molar-refractivity contribution is 5.95. The van der Waals surface area contributed by atoms with Gasteiger partial charge in [0.25, 0.3) is 0 Å². The van der Waals surface area contributed by atoms with E-state index in [1.807, 2.05) is 12.3 Å². The van der Waals surface area contributed by atoms with Gasteiger partial charge in [-0.05, 0) is 62.9 Å². The molecule has 2 heterocycles. The van der Waals surface area contributed by atoms with Crippen molar-refractivity contribution >= 4 is 27.1 Å². The van der Waals surface area contributed by atoms with Crippen LogP contribution in [-0.4, -0.2) is 15.0 Å². The quantitative estimate of drug-likeness (QED) is 0.209. The van der Waals surface area contributed by atoms with Gasteiger partial charge in [0.15, 0.2) is 5.82 Å². The van der Waals surface area contributed by atoms with Crippen molar-refractivity contribution in [3.05, 3.63) is 169 Å². The molecule has 0 aliphatic heterocycles. The molecule has 0 bridgehead atoms. The molecule has 0 saturated carbocycles. The second kappa shape index (κ2) is 11.2. The van der Waals surface area contributed by atoms with Crippen LogP contribution >= 0.6 is 0 Å². The molecule has 3 heteroatoms. The topological polar surface area (TPSA) is 38.7 Å². The Balaban J connectivity index is 1.26. The first kappa shape index (κ1) is 26.0. The van der Waals surface area contributed by atoms with E-state index in [2.05, 4.69) is 145 Å². The van der Waals surface area contributed by atoms with E-state index in [0.29, 0.717) is 0 Å². The number of hydrogen-bond donors (Lipinski definition) is 0. The molecule has 0 spiro atoms. The highest BCUT2D eigenvalue weighted by Gasteiger charge is 2.20. The maximum atomic E-state index is 5.25. The maximum absolute atomic E-state index is 5.25. The monoisotopic (exact) mass is 563 g/mol. The zero-order chi connectivity index (χ0) is 29.3. The average molecular weight is 564 g/mol. The largest absolute Gasteiger partial charge is 0.264 e. The van der Waals surface area contributed by atoms with Gasteiger partial charge in [-0.15, -0.1) is 0 Å². The minimum Gasteiger partial charge on any atom is -0.264 e. The fraction of sp³-hybridized carbons (Fsp3) is 0.0488. The van der Waals surface area contributed by atoms with Crippen molar-refractivity contribution < 1.29 is 0 Å². The lowest BCUT2D eigenvalue weighted by Gasteiger charge is -2.21. The van der Waals surface area contributed by atoms with Crippen LogP contribution in [0, 0.1) is 0 Å². The summed E-state index contributed by atoms with van der Waals surface area (Å²) in [5.74, 6) is 0.993. The molecule has 1 aliphatic rings. The van der Waals surface area contributed by atoms with Gasteiger partial charge >= 0.3 is 0 Å². The first-order chi connectivity index (χ1) is 21.8. The Labute approximate surface area is 256 Å². The third kappa shape index (κ3) is 4.89. The molecule has 3 nitrogen and oxygen atoms in total. The van der Waals surface area contributed by atoms with Crippen molar-refractivity contribution in [3.8, 4) is 33.8 Å². The smallest absolute Gasteiger partial charge is 0.161 e. The predicted octanol–water partition coefficient (Wildman–Crippen LogP) is 10.3. The zero-order valence-electron chi connectivity index (χ0n) is 24.1. The van der Waals surface area contributed by atoms with Crippen molar-refractivity contribution in [1.29, 1.82) is 0 Å². The Morgan fingerprint density at radius 3 is 2.14 bits per heavy atom. The molecule has 1 unspecified atom stereocenters. The molecule has 1 aliphatic carbocycles. The highest BCUT2D eigenvalue weighted by Crippen LogP contribution is 2.38. The van der Waals surface area contributed by atoms with Gasteiger partial charge in [-0.1, -0.05) is 127 Å². The molecular weight excluding hydrogens is 534 g/mol. The van der Waals surface area contributed by atoms with Gasteiger partial charge in [0, 0.05) is 35.0 Å². The Kier molecular flexibility index (Phi) is 6.62. The molecule has 0 radical (unpaired) electrons. The van der Waals surface area contributed by atoms with Crippen molar-refractivity contribution in [3.63, 3.8) is 0 Å². The molecule has 0 amide bonds. The van der Waals surface area contributed by atoms with Crippen molar-refractivity contribution in [2.45, 2.75) is 12.3 Å². The summed E-state index contributed by atoms with van der Waals surface area (Å²) in [5.41, 5.74) is 8.69. The maximum Gasteiger partial charge on any atom is 0.161 e. The van der Waals surface area contributed by atoms with Crippen LogP contribution < -0.4 is 0 Å². The predicted molar refractivity (Wildman–Crippen MR) is 182 cm³/mol. The van der Waals surface area contributed by atoms with E-state index >= 15 is 0 Å². The third-order valence-electron chi connectivity index (χ3n) is 8.54. The van der Waals surface area contributed by atoms with Crippen LogP contribution in [-0.2, 0) is 0 Å². The first-order valence-corrected chi connectivity index (χ1v) is 15.0. The fourth-order valence-electron chi connectivity index (χ4n) is 6.35. The SMILES string of the molecule is C1=CC(c2cccc3ccccc23)CC(c2cc(-c3cccc(-c4cccnc4)c3)nc(-c3cccc4ccccc34)n2)=C1. The zero-order valence-corrected chi connectivity index (χ0v) is 24.1. The fourth-order valence-corrected chi connectivity index (χ4v) is 6.35. The lowest BCUT2D eigenvalue weighted by atomic mass is 9.84. The number of allylic oxidation sites excluding steroid dienone is 4. The van der Waals surface area contributed by atoms with Crippen LogP contribution in [0.2, 0.25) is 0 Å². The summed E-state index contributed by atoms with van der Waals surface area (Å²) in [6, 6.07) is 44.8. The van der Waals surface area contributed by atoms with E-state index in [1.54, 1.807) is 6.20 Å². The van der Waals surface area contributed by atoms with E-state index < -0.39 is 0 Å². The van der Waals surface area contributed by atoms with Crippen molar-refractivity contribution in [1.82, 2.24) is 15.0 Å². The molecule has 44 heavy (non-hydrogen) atoms. The van der Waals surface area contributed by atoms with E-state index in [1.165, 1.54) is 27.3 Å². The Morgan fingerprint density at radius 1 is 0.568 bits per heavy atom. The van der Waals surface area contributed by atoms with Crippen LogP contribution in [0.4, 0.5) is 0 Å². The Morgan fingerprint density at radius 2 is 1.27 bits per heavy atom. The van der Waals surface area contributed by atoms with Gasteiger partial charge in [0.2, 0.25) is 0 Å². The number of rotatable bonds is 5. The summed E-state index contributed by atoms with van der Waals surface area (Å²) >= 11 is 0.